The molecule has 38 heavy (non-hydrogen) atoms. The maximum atomic E-state index is 13.9. The van der Waals surface area contributed by atoms with E-state index in [-0.39, 0.29) is 23.7 Å². The van der Waals surface area contributed by atoms with Gasteiger partial charge in [-0.2, -0.15) is 0 Å². The van der Waals surface area contributed by atoms with Crippen molar-refractivity contribution >= 4 is 39.3 Å². The molecule has 0 saturated carbocycles. The Hall–Kier alpha value is -3.17. The number of phenolic OH excluding ortho intramolecular Hbond substituents is 1. The lowest BCUT2D eigenvalue weighted by atomic mass is 9.92. The highest BCUT2D eigenvalue weighted by atomic mass is 79.9. The lowest BCUT2D eigenvalue weighted by Crippen LogP contribution is -2.40. The molecule has 200 valence electrons. The number of fused-ring (bicyclic) bond motifs is 1. The van der Waals surface area contributed by atoms with Gasteiger partial charge in [0.2, 0.25) is 0 Å². The number of aromatic hydroxyl groups is 1. The lowest BCUT2D eigenvalue weighted by molar-refractivity contribution is -0.139. The van der Waals surface area contributed by atoms with E-state index < -0.39 is 12.0 Å². The van der Waals surface area contributed by atoms with Crippen molar-refractivity contribution in [2.45, 2.75) is 52.5 Å². The van der Waals surface area contributed by atoms with E-state index in [1.165, 1.54) is 24.0 Å². The van der Waals surface area contributed by atoms with Crippen LogP contribution in [0.15, 0.2) is 61.9 Å². The van der Waals surface area contributed by atoms with Crippen LogP contribution in [0.3, 0.4) is 0 Å². The van der Waals surface area contributed by atoms with Crippen molar-refractivity contribution in [2.24, 2.45) is 4.99 Å². The third-order valence-corrected chi connectivity index (χ3v) is 7.97. The summed E-state index contributed by atoms with van der Waals surface area (Å²) in [6.07, 6.45) is 3.11. The van der Waals surface area contributed by atoms with Crippen LogP contribution in [0.5, 0.6) is 11.5 Å². The zero-order chi connectivity index (χ0) is 27.6. The molecule has 0 bridgehead atoms. The number of methoxy groups -OCH3 is 1. The summed E-state index contributed by atoms with van der Waals surface area (Å²) in [4.78, 5) is 32.5. The van der Waals surface area contributed by atoms with Crippen molar-refractivity contribution in [1.29, 1.82) is 0 Å². The molecular formula is C29H31BrN2O5S. The van der Waals surface area contributed by atoms with E-state index in [0.29, 0.717) is 43.0 Å². The number of carbonyl (C=O) groups is 1. The monoisotopic (exact) mass is 598 g/mol. The number of thiazole rings is 1. The van der Waals surface area contributed by atoms with Crippen LogP contribution >= 0.6 is 27.3 Å². The average Bonchev–Trinajstić information content (AvgIpc) is 3.19. The second kappa shape index (κ2) is 11.7. The highest BCUT2D eigenvalue weighted by Gasteiger charge is 2.34. The van der Waals surface area contributed by atoms with Crippen LogP contribution in [0, 0.1) is 0 Å². The fraction of sp³-hybridized carbons (Fsp3) is 0.345. The van der Waals surface area contributed by atoms with Gasteiger partial charge in [-0.3, -0.25) is 9.36 Å². The van der Waals surface area contributed by atoms with Gasteiger partial charge in [-0.1, -0.05) is 62.8 Å². The number of allylic oxidation sites excluding steroid dienone is 1. The molecule has 3 aromatic rings. The summed E-state index contributed by atoms with van der Waals surface area (Å²) in [6, 6.07) is 10.8. The maximum absolute atomic E-state index is 13.9. The van der Waals surface area contributed by atoms with Crippen molar-refractivity contribution in [3.05, 3.63) is 88.5 Å². The normalized spacial score (nSPS) is 15.4. The molecule has 0 unspecified atom stereocenters. The van der Waals surface area contributed by atoms with Gasteiger partial charge < -0.3 is 14.6 Å². The predicted octanol–water partition coefficient (Wildman–Crippen LogP) is 5.18. The maximum Gasteiger partial charge on any atom is 0.338 e. The molecule has 4 rings (SSSR count). The van der Waals surface area contributed by atoms with E-state index in [4.69, 9.17) is 14.5 Å². The Bertz CT molecular complexity index is 1570. The van der Waals surface area contributed by atoms with Crippen molar-refractivity contribution in [3.63, 3.8) is 0 Å². The molecule has 2 aromatic carbocycles. The second-order valence-corrected chi connectivity index (χ2v) is 11.2. The summed E-state index contributed by atoms with van der Waals surface area (Å²) in [5.41, 5.74) is 3.45. The molecule has 0 fully saturated rings. The van der Waals surface area contributed by atoms with Crippen LogP contribution < -0.4 is 19.6 Å². The number of aromatic nitrogens is 1. The molecule has 7 nitrogen and oxygen atoms in total. The first-order chi connectivity index (χ1) is 18.2. The summed E-state index contributed by atoms with van der Waals surface area (Å²) in [6.45, 7) is 8.27. The summed E-state index contributed by atoms with van der Waals surface area (Å²) < 4.78 is 13.2. The van der Waals surface area contributed by atoms with E-state index in [0.717, 1.165) is 12.0 Å². The SMILES string of the molecule is CCCC1=C(C(=O)OCC)[C@H](c2ccc(C(C)C)cc2)n2c(s/c(=C\c3cc(Br)c(O)c(OC)c3)c2=O)=N1. The molecule has 0 aliphatic carbocycles. The molecule has 0 radical (unpaired) electrons. The summed E-state index contributed by atoms with van der Waals surface area (Å²) in [5.74, 6) is 0.165. The van der Waals surface area contributed by atoms with Gasteiger partial charge in [0.1, 0.15) is 0 Å². The van der Waals surface area contributed by atoms with Gasteiger partial charge >= 0.3 is 5.97 Å². The molecule has 1 atom stereocenters. The van der Waals surface area contributed by atoms with Crippen molar-refractivity contribution < 1.29 is 19.4 Å². The van der Waals surface area contributed by atoms with Crippen LogP contribution in [-0.4, -0.2) is 29.4 Å². The number of nitrogens with zero attached hydrogens (tertiary/aromatic N) is 2. The molecule has 2 heterocycles. The molecule has 1 aliphatic rings. The van der Waals surface area contributed by atoms with Gasteiger partial charge in [0.15, 0.2) is 16.3 Å². The highest BCUT2D eigenvalue weighted by molar-refractivity contribution is 9.10. The number of benzene rings is 2. The minimum absolute atomic E-state index is 0.0146. The average molecular weight is 600 g/mol. The highest BCUT2D eigenvalue weighted by Crippen LogP contribution is 2.36. The molecule has 0 saturated heterocycles. The smallest absolute Gasteiger partial charge is 0.338 e. The molecule has 0 spiro atoms. The largest absolute Gasteiger partial charge is 0.503 e. The molecule has 1 N–H and O–H groups in total. The molecule has 1 aromatic heterocycles. The van der Waals surface area contributed by atoms with Crippen molar-refractivity contribution in [2.75, 3.05) is 13.7 Å². The van der Waals surface area contributed by atoms with Crippen molar-refractivity contribution in [1.82, 2.24) is 4.57 Å². The number of carbonyl (C=O) groups excluding carboxylic acids is 1. The first kappa shape index (κ1) is 27.9. The number of ether oxygens (including phenoxy) is 2. The van der Waals surface area contributed by atoms with Gasteiger partial charge in [-0.25, -0.2) is 9.79 Å². The van der Waals surface area contributed by atoms with E-state index >= 15 is 0 Å². The molecule has 1 aliphatic heterocycles. The van der Waals surface area contributed by atoms with Crippen LogP contribution in [0.1, 0.15) is 69.2 Å². The van der Waals surface area contributed by atoms with E-state index in [9.17, 15) is 14.7 Å². The number of phenols is 1. The van der Waals surface area contributed by atoms with E-state index in [2.05, 4.69) is 29.8 Å². The topological polar surface area (TPSA) is 90.1 Å². The van der Waals surface area contributed by atoms with E-state index in [1.807, 2.05) is 31.2 Å². The van der Waals surface area contributed by atoms with Crippen molar-refractivity contribution in [3.8, 4) is 11.5 Å². The summed E-state index contributed by atoms with van der Waals surface area (Å²) >= 11 is 4.61. The number of rotatable bonds is 8. The van der Waals surface area contributed by atoms with Gasteiger partial charge in [0.25, 0.3) is 5.56 Å². The first-order valence-corrected chi connectivity index (χ1v) is 14.2. The Morgan fingerprint density at radius 2 is 1.95 bits per heavy atom. The Balaban J connectivity index is 1.98. The summed E-state index contributed by atoms with van der Waals surface area (Å²) in [7, 11) is 1.47. The molecular weight excluding hydrogens is 568 g/mol. The predicted molar refractivity (Wildman–Crippen MR) is 153 cm³/mol. The third-order valence-electron chi connectivity index (χ3n) is 6.38. The minimum Gasteiger partial charge on any atom is -0.503 e. The Kier molecular flexibility index (Phi) is 8.57. The van der Waals surface area contributed by atoms with Crippen LogP contribution in [0.25, 0.3) is 6.08 Å². The van der Waals surface area contributed by atoms with Crippen LogP contribution in [0.4, 0.5) is 0 Å². The third kappa shape index (κ3) is 5.35. The fourth-order valence-corrected chi connectivity index (χ4v) is 5.96. The standard InChI is InChI=1S/C29H31BrN2O5S/c1-6-8-21-24(28(35)37-7-2)25(19-11-9-18(10-12-19)16(3)4)32-27(34)23(38-29(32)31-21)15-17-13-20(30)26(33)22(14-17)36-5/h9-16,25,33H,6-8H2,1-5H3/b23-15-/t25-/m0/s1. The first-order valence-electron chi connectivity index (χ1n) is 12.6. The lowest BCUT2D eigenvalue weighted by Gasteiger charge is -2.26. The Morgan fingerprint density at radius 3 is 2.55 bits per heavy atom. The number of esters is 1. The molecule has 9 heteroatoms. The fourth-order valence-electron chi connectivity index (χ4n) is 4.48. The number of hydrogen-bond donors (Lipinski definition) is 1. The van der Waals surface area contributed by atoms with Crippen LogP contribution in [0.2, 0.25) is 0 Å². The second-order valence-electron chi connectivity index (χ2n) is 9.29. The Labute approximate surface area is 233 Å². The quantitative estimate of drug-likeness (QED) is 0.361. The zero-order valence-electron chi connectivity index (χ0n) is 22.1. The Morgan fingerprint density at radius 1 is 1.24 bits per heavy atom. The summed E-state index contributed by atoms with van der Waals surface area (Å²) in [5, 5.41) is 10.2. The van der Waals surface area contributed by atoms with Gasteiger partial charge in [0, 0.05) is 0 Å². The zero-order valence-corrected chi connectivity index (χ0v) is 24.5. The van der Waals surface area contributed by atoms with Gasteiger partial charge in [-0.15, -0.1) is 0 Å². The number of hydrogen-bond acceptors (Lipinski definition) is 7. The minimum atomic E-state index is -0.656. The number of halogens is 1. The van der Waals surface area contributed by atoms with Crippen LogP contribution in [-0.2, 0) is 9.53 Å². The molecule has 0 amide bonds. The van der Waals surface area contributed by atoms with Gasteiger partial charge in [-0.05, 0) is 70.1 Å². The van der Waals surface area contributed by atoms with Gasteiger partial charge in [0.05, 0.1) is 40.0 Å². The van der Waals surface area contributed by atoms with E-state index in [1.54, 1.807) is 29.7 Å².